The number of phenolic OH excluding ortho intramolecular Hbond substituents is 2. The standard InChI is InChI=1S/C21H20O4/c1-12-8-16(18(23)10-17(12)22)14-9-13-4-5-19-15(20(13)24-11-14)6-7-21(2,3)25-19/h4-10,22-23H,11H2,1-3H3. The molecule has 128 valence electrons. The lowest BCUT2D eigenvalue weighted by Gasteiger charge is -2.30. The summed E-state index contributed by atoms with van der Waals surface area (Å²) < 4.78 is 12.0. The molecule has 0 unspecified atom stereocenters. The highest BCUT2D eigenvalue weighted by Gasteiger charge is 2.26. The Morgan fingerprint density at radius 1 is 1.08 bits per heavy atom. The minimum Gasteiger partial charge on any atom is -0.508 e. The highest BCUT2D eigenvalue weighted by atomic mass is 16.5. The van der Waals surface area contributed by atoms with Crippen molar-refractivity contribution in [2.45, 2.75) is 26.4 Å². The largest absolute Gasteiger partial charge is 0.508 e. The maximum atomic E-state index is 10.2. The number of rotatable bonds is 1. The topological polar surface area (TPSA) is 58.9 Å². The van der Waals surface area contributed by atoms with E-state index in [9.17, 15) is 10.2 Å². The van der Waals surface area contributed by atoms with E-state index in [4.69, 9.17) is 9.47 Å². The van der Waals surface area contributed by atoms with E-state index in [1.54, 1.807) is 13.0 Å². The van der Waals surface area contributed by atoms with Gasteiger partial charge in [-0.3, -0.25) is 0 Å². The number of benzene rings is 2. The molecule has 0 fully saturated rings. The maximum absolute atomic E-state index is 10.2. The van der Waals surface area contributed by atoms with Crippen LogP contribution in [0.15, 0.2) is 30.3 Å². The quantitative estimate of drug-likeness (QED) is 0.804. The van der Waals surface area contributed by atoms with Gasteiger partial charge in [-0.1, -0.05) is 0 Å². The van der Waals surface area contributed by atoms with Gasteiger partial charge in [0.2, 0.25) is 0 Å². The summed E-state index contributed by atoms with van der Waals surface area (Å²) in [4.78, 5) is 0. The van der Waals surface area contributed by atoms with Gasteiger partial charge in [0.05, 0.1) is 5.56 Å². The summed E-state index contributed by atoms with van der Waals surface area (Å²) in [6, 6.07) is 7.05. The van der Waals surface area contributed by atoms with Gasteiger partial charge in [-0.2, -0.15) is 0 Å². The molecular formula is C21H20O4. The van der Waals surface area contributed by atoms with Gasteiger partial charge in [0.25, 0.3) is 0 Å². The van der Waals surface area contributed by atoms with Gasteiger partial charge in [0, 0.05) is 22.8 Å². The molecule has 2 aromatic rings. The number of hydrogen-bond donors (Lipinski definition) is 2. The molecule has 4 nitrogen and oxygen atoms in total. The zero-order valence-corrected chi connectivity index (χ0v) is 14.5. The van der Waals surface area contributed by atoms with Crippen molar-refractivity contribution in [3.8, 4) is 23.0 Å². The van der Waals surface area contributed by atoms with E-state index in [1.165, 1.54) is 6.07 Å². The number of hydrogen-bond acceptors (Lipinski definition) is 4. The van der Waals surface area contributed by atoms with Crippen LogP contribution in [0.25, 0.3) is 17.7 Å². The number of ether oxygens (including phenoxy) is 2. The minimum atomic E-state index is -0.327. The Labute approximate surface area is 146 Å². The summed E-state index contributed by atoms with van der Waals surface area (Å²) in [5.74, 6) is 1.73. The highest BCUT2D eigenvalue weighted by Crippen LogP contribution is 2.43. The molecule has 0 spiro atoms. The highest BCUT2D eigenvalue weighted by molar-refractivity contribution is 5.90. The SMILES string of the molecule is Cc1cc(C2=Cc3ccc4c(c3OC2)C=CC(C)(C)O4)c(O)cc1O. The first-order chi connectivity index (χ1) is 11.8. The molecule has 4 heteroatoms. The number of aromatic hydroxyl groups is 2. The fourth-order valence-electron chi connectivity index (χ4n) is 3.20. The maximum Gasteiger partial charge on any atom is 0.137 e. The summed E-state index contributed by atoms with van der Waals surface area (Å²) >= 11 is 0. The van der Waals surface area contributed by atoms with Gasteiger partial charge in [-0.05, 0) is 62.8 Å². The zero-order valence-electron chi connectivity index (χ0n) is 14.5. The molecule has 25 heavy (non-hydrogen) atoms. The van der Waals surface area contributed by atoms with Crippen molar-refractivity contribution in [3.63, 3.8) is 0 Å². The van der Waals surface area contributed by atoms with Crippen LogP contribution in [-0.4, -0.2) is 22.4 Å². The van der Waals surface area contributed by atoms with E-state index in [0.29, 0.717) is 17.7 Å². The predicted octanol–water partition coefficient (Wildman–Crippen LogP) is 4.52. The van der Waals surface area contributed by atoms with Crippen molar-refractivity contribution >= 4 is 17.7 Å². The first-order valence-corrected chi connectivity index (χ1v) is 8.26. The summed E-state index contributed by atoms with van der Waals surface area (Å²) in [7, 11) is 0. The molecule has 4 rings (SSSR count). The fourth-order valence-corrected chi connectivity index (χ4v) is 3.20. The summed E-state index contributed by atoms with van der Waals surface area (Å²) in [6.07, 6.45) is 6.07. The van der Waals surface area contributed by atoms with Gasteiger partial charge < -0.3 is 19.7 Å². The summed E-state index contributed by atoms with van der Waals surface area (Å²) in [6.45, 7) is 6.18. The molecule has 2 heterocycles. The molecule has 0 amide bonds. The number of aryl methyl sites for hydroxylation is 1. The van der Waals surface area contributed by atoms with Gasteiger partial charge >= 0.3 is 0 Å². The Balaban J connectivity index is 1.79. The van der Waals surface area contributed by atoms with Crippen LogP contribution in [0.2, 0.25) is 0 Å². The Kier molecular flexibility index (Phi) is 3.32. The van der Waals surface area contributed by atoms with E-state index >= 15 is 0 Å². The van der Waals surface area contributed by atoms with Crippen LogP contribution in [0.5, 0.6) is 23.0 Å². The first kappa shape index (κ1) is 15.6. The summed E-state index contributed by atoms with van der Waals surface area (Å²) in [5.41, 5.74) is 3.81. The second kappa shape index (κ2) is 5.31. The minimum absolute atomic E-state index is 0.0457. The molecule has 0 aromatic heterocycles. The van der Waals surface area contributed by atoms with Crippen LogP contribution in [0.1, 0.15) is 36.1 Å². The van der Waals surface area contributed by atoms with Crippen LogP contribution >= 0.6 is 0 Å². The number of phenols is 2. The molecule has 2 aliphatic heterocycles. The van der Waals surface area contributed by atoms with Gasteiger partial charge in [0.15, 0.2) is 0 Å². The molecule has 0 aliphatic carbocycles. The normalized spacial score (nSPS) is 17.0. The van der Waals surface area contributed by atoms with E-state index in [0.717, 1.165) is 28.2 Å². The Morgan fingerprint density at radius 3 is 2.68 bits per heavy atom. The van der Waals surface area contributed by atoms with Crippen molar-refractivity contribution in [1.29, 1.82) is 0 Å². The molecule has 0 saturated heterocycles. The first-order valence-electron chi connectivity index (χ1n) is 8.26. The lowest BCUT2D eigenvalue weighted by atomic mass is 9.95. The van der Waals surface area contributed by atoms with Crippen molar-refractivity contribution in [1.82, 2.24) is 0 Å². The van der Waals surface area contributed by atoms with Crippen LogP contribution < -0.4 is 9.47 Å². The van der Waals surface area contributed by atoms with Crippen molar-refractivity contribution < 1.29 is 19.7 Å². The second-order valence-corrected chi connectivity index (χ2v) is 7.05. The van der Waals surface area contributed by atoms with Crippen molar-refractivity contribution in [2.75, 3.05) is 6.61 Å². The van der Waals surface area contributed by atoms with Crippen molar-refractivity contribution in [2.24, 2.45) is 0 Å². The van der Waals surface area contributed by atoms with Crippen LogP contribution in [0, 0.1) is 6.92 Å². The van der Waals surface area contributed by atoms with E-state index in [1.807, 2.05) is 44.2 Å². The molecule has 0 radical (unpaired) electrons. The van der Waals surface area contributed by atoms with Gasteiger partial charge in [-0.25, -0.2) is 0 Å². The zero-order chi connectivity index (χ0) is 17.8. The third kappa shape index (κ3) is 2.64. The third-order valence-corrected chi connectivity index (χ3v) is 4.57. The van der Waals surface area contributed by atoms with Crippen molar-refractivity contribution in [3.05, 3.63) is 52.6 Å². The monoisotopic (exact) mass is 336 g/mol. The van der Waals surface area contributed by atoms with Crippen LogP contribution in [0.3, 0.4) is 0 Å². The lowest BCUT2D eigenvalue weighted by Crippen LogP contribution is -2.27. The average molecular weight is 336 g/mol. The molecule has 0 atom stereocenters. The van der Waals surface area contributed by atoms with E-state index in [-0.39, 0.29) is 17.1 Å². The average Bonchev–Trinajstić information content (AvgIpc) is 2.56. The predicted molar refractivity (Wildman–Crippen MR) is 98.1 cm³/mol. The molecule has 2 aliphatic rings. The number of fused-ring (bicyclic) bond motifs is 3. The Morgan fingerprint density at radius 2 is 1.88 bits per heavy atom. The molecule has 2 N–H and O–H groups in total. The smallest absolute Gasteiger partial charge is 0.137 e. The fraction of sp³-hybridized carbons (Fsp3) is 0.238. The molecule has 0 saturated carbocycles. The van der Waals surface area contributed by atoms with Crippen LogP contribution in [-0.2, 0) is 0 Å². The Hall–Kier alpha value is -2.88. The Bertz CT molecular complexity index is 935. The molecule has 0 bridgehead atoms. The molecular weight excluding hydrogens is 316 g/mol. The molecule has 2 aromatic carbocycles. The van der Waals surface area contributed by atoms with E-state index < -0.39 is 0 Å². The van der Waals surface area contributed by atoms with E-state index in [2.05, 4.69) is 0 Å². The van der Waals surface area contributed by atoms with Gasteiger partial charge in [-0.15, -0.1) is 0 Å². The lowest BCUT2D eigenvalue weighted by molar-refractivity contribution is 0.158. The third-order valence-electron chi connectivity index (χ3n) is 4.57. The van der Waals surface area contributed by atoms with Crippen LogP contribution in [0.4, 0.5) is 0 Å². The van der Waals surface area contributed by atoms with Gasteiger partial charge in [0.1, 0.15) is 35.2 Å². The summed E-state index contributed by atoms with van der Waals surface area (Å²) in [5, 5.41) is 19.9. The second-order valence-electron chi connectivity index (χ2n) is 7.05.